The van der Waals surface area contributed by atoms with E-state index in [1.54, 1.807) is 42.5 Å². The molecule has 0 spiro atoms. The molecule has 0 aliphatic carbocycles. The summed E-state index contributed by atoms with van der Waals surface area (Å²) in [7, 11) is -9.33. The van der Waals surface area contributed by atoms with Gasteiger partial charge in [0.05, 0.1) is 41.2 Å². The molecule has 31 heteroatoms. The zero-order chi connectivity index (χ0) is 53.1. The van der Waals surface area contributed by atoms with E-state index in [1.807, 2.05) is 12.1 Å². The summed E-state index contributed by atoms with van der Waals surface area (Å²) in [6.45, 7) is -0.843. The van der Waals surface area contributed by atoms with Gasteiger partial charge in [0.25, 0.3) is 11.8 Å². The van der Waals surface area contributed by atoms with Crippen LogP contribution in [0, 0.1) is 0 Å². The molecule has 0 saturated heterocycles. The predicted octanol–water partition coefficient (Wildman–Crippen LogP) is 4.00. The van der Waals surface area contributed by atoms with Crippen LogP contribution < -0.4 is 20.2 Å². The number of hydrogen-bond acceptors (Lipinski definition) is 25. The number of rotatable bonds is 15. The summed E-state index contributed by atoms with van der Waals surface area (Å²) in [5, 5.41) is 82.4. The van der Waals surface area contributed by atoms with E-state index in [0.29, 0.717) is 21.8 Å². The minimum atomic E-state index is -3.11. The first-order chi connectivity index (χ1) is 34.2. The quantitative estimate of drug-likeness (QED) is 0.0791. The molecule has 28 nitrogen and oxygen atoms in total. The molecule has 7 N–H and O–H groups in total. The van der Waals surface area contributed by atoms with Crippen LogP contribution in [0.2, 0.25) is 0 Å². The molecule has 1 unspecified atom stereocenters. The fraction of sp³-hybridized carbons (Fsp3) is 0.122. The third kappa shape index (κ3) is 15.6. The van der Waals surface area contributed by atoms with E-state index < -0.39 is 55.7 Å². The molecule has 72 heavy (non-hydrogen) atoms. The zero-order valence-corrected chi connectivity index (χ0v) is 38.5. The van der Waals surface area contributed by atoms with Crippen molar-refractivity contribution in [1.29, 1.82) is 0 Å². The number of hydrazone groups is 1. The van der Waals surface area contributed by atoms with Gasteiger partial charge in [-0.25, -0.2) is 4.79 Å². The number of aliphatic hydroxyl groups excluding tert-OH is 2. The molecule has 374 valence electrons. The topological polar surface area (TPSA) is 440 Å². The lowest BCUT2D eigenvalue weighted by molar-refractivity contribution is -0.118. The van der Waals surface area contributed by atoms with Gasteiger partial charge in [-0.2, -0.15) is 20.3 Å². The van der Waals surface area contributed by atoms with Crippen molar-refractivity contribution in [2.75, 3.05) is 31.4 Å². The second-order valence-corrected chi connectivity index (χ2v) is 14.6. The number of anilines is 1. The normalized spacial score (nSPS) is 12.9. The number of amides is 2. The van der Waals surface area contributed by atoms with Gasteiger partial charge in [-0.15, -0.1) is 58.3 Å². The first-order valence-corrected chi connectivity index (χ1v) is 22.5. The number of phenolic OH excluding ortho intramolecular Hbond substituents is 2. The minimum Gasteiger partial charge on any atom is -0.507 e. The van der Waals surface area contributed by atoms with E-state index in [1.165, 1.54) is 48.5 Å². The Labute approximate surface area is 407 Å². The Balaban J connectivity index is 0.000000845. The molecule has 1 aliphatic rings. The summed E-state index contributed by atoms with van der Waals surface area (Å²) in [4.78, 5) is 36.6. The highest BCUT2D eigenvalue weighted by atomic mass is 32.2. The maximum Gasteiger partial charge on any atom is 0.425 e. The standard InChI is InChI=1S/C41H33N9O10.3O3S/c42-39(55)36-37(40(56)50(49-36)26-11-7-23(8-12-26)41(57)58)48-43-25-10-13-27-24(19-25)9-14-29(38(27)54)45-47-31-21-33(59-17-15-51)30(20-34(31)60-18-16-52)46-44-28-5-1-3-22-4-2-6-32(53)35(22)28;3*1-4(2)3/h1-14,19-21,37,51-54H,15-18H2,(H2,42,55)(H,57,58);;;. The van der Waals surface area contributed by atoms with Crippen molar-refractivity contribution in [2.45, 2.75) is 6.04 Å². The Morgan fingerprint density at radius 2 is 1.17 bits per heavy atom. The number of aromatic carboxylic acids is 1. The summed E-state index contributed by atoms with van der Waals surface area (Å²) in [5.41, 5.74) is 6.32. The number of hydrogen-bond donors (Lipinski definition) is 6. The van der Waals surface area contributed by atoms with Crippen LogP contribution in [0.4, 0.5) is 34.1 Å². The molecule has 0 saturated carbocycles. The number of fused-ring (bicyclic) bond motifs is 2. The van der Waals surface area contributed by atoms with Gasteiger partial charge in [0.1, 0.15) is 47.5 Å². The number of nitrogens with two attached hydrogens (primary N) is 1. The van der Waals surface area contributed by atoms with Gasteiger partial charge >= 0.3 is 37.8 Å². The monoisotopic (exact) mass is 1050 g/mol. The lowest BCUT2D eigenvalue weighted by Gasteiger charge is -2.13. The molecule has 6 aromatic carbocycles. The number of azo groups is 3. The average molecular weight is 1050 g/mol. The number of carboxylic acid groups (broad SMARTS) is 1. The Morgan fingerprint density at radius 1 is 0.639 bits per heavy atom. The van der Waals surface area contributed by atoms with Crippen molar-refractivity contribution in [3.8, 4) is 23.0 Å². The molecular formula is C41H33N9O19S3. The van der Waals surface area contributed by atoms with Crippen LogP contribution in [-0.4, -0.2) is 119 Å². The van der Waals surface area contributed by atoms with Crippen LogP contribution in [0.25, 0.3) is 21.5 Å². The zero-order valence-electron chi connectivity index (χ0n) is 36.1. The van der Waals surface area contributed by atoms with Gasteiger partial charge in [0, 0.05) is 17.5 Å². The number of carboxylic acids is 1. The predicted molar refractivity (Wildman–Crippen MR) is 246 cm³/mol. The van der Waals surface area contributed by atoms with Gasteiger partial charge in [0.2, 0.25) is 6.04 Å². The average Bonchev–Trinajstić information content (AvgIpc) is 3.66. The number of carbonyl (C=O) groups is 3. The Bertz CT molecular complexity index is 3420. The van der Waals surface area contributed by atoms with Crippen LogP contribution in [0.15, 0.2) is 139 Å². The van der Waals surface area contributed by atoms with Crippen molar-refractivity contribution < 1.29 is 87.3 Å². The van der Waals surface area contributed by atoms with Gasteiger partial charge < -0.3 is 40.7 Å². The van der Waals surface area contributed by atoms with E-state index in [0.717, 1.165) is 10.4 Å². The van der Waals surface area contributed by atoms with Crippen LogP contribution in [-0.2, 0) is 41.4 Å². The Hall–Kier alpha value is -9.30. The van der Waals surface area contributed by atoms with Crippen LogP contribution in [0.3, 0.4) is 0 Å². The number of carbonyl (C=O) groups excluding carboxylic acids is 2. The van der Waals surface area contributed by atoms with Crippen LogP contribution >= 0.6 is 0 Å². The highest BCUT2D eigenvalue weighted by molar-refractivity contribution is 7.59. The first kappa shape index (κ1) is 55.3. The molecule has 1 heterocycles. The third-order valence-corrected chi connectivity index (χ3v) is 8.89. The summed E-state index contributed by atoms with van der Waals surface area (Å²) in [6, 6.07) is 24.8. The van der Waals surface area contributed by atoms with E-state index in [-0.39, 0.29) is 89.1 Å². The number of benzene rings is 6. The summed E-state index contributed by atoms with van der Waals surface area (Å²) >= 11 is 0. The van der Waals surface area contributed by atoms with Gasteiger partial charge in [-0.1, -0.05) is 30.3 Å². The molecule has 0 radical (unpaired) electrons. The van der Waals surface area contributed by atoms with Gasteiger partial charge in [-0.3, -0.25) is 9.59 Å². The van der Waals surface area contributed by atoms with Gasteiger partial charge in [0.15, 0.2) is 11.5 Å². The molecule has 1 atom stereocenters. The number of phenols is 2. The highest BCUT2D eigenvalue weighted by Crippen LogP contribution is 2.44. The Kier molecular flexibility index (Phi) is 20.3. The third-order valence-electron chi connectivity index (χ3n) is 8.89. The van der Waals surface area contributed by atoms with Crippen LogP contribution in [0.5, 0.6) is 23.0 Å². The molecule has 1 aliphatic heterocycles. The molecule has 2 amide bonds. The number of aliphatic hydroxyl groups is 2. The first-order valence-electron chi connectivity index (χ1n) is 19.5. The summed E-state index contributed by atoms with van der Waals surface area (Å²) < 4.78 is 87.5. The fourth-order valence-corrected chi connectivity index (χ4v) is 6.06. The second-order valence-electron chi connectivity index (χ2n) is 13.4. The number of primary amides is 1. The Morgan fingerprint density at radius 3 is 1.69 bits per heavy atom. The molecule has 7 rings (SSSR count). The van der Waals surface area contributed by atoms with Crippen molar-refractivity contribution in [2.24, 2.45) is 41.5 Å². The largest absolute Gasteiger partial charge is 0.507 e. The van der Waals surface area contributed by atoms with Crippen molar-refractivity contribution in [1.82, 2.24) is 0 Å². The van der Waals surface area contributed by atoms with E-state index in [9.17, 15) is 39.9 Å². The van der Waals surface area contributed by atoms with E-state index in [2.05, 4.69) is 35.8 Å². The smallest absolute Gasteiger partial charge is 0.425 e. The van der Waals surface area contributed by atoms with Gasteiger partial charge in [-0.05, 0) is 71.4 Å². The van der Waals surface area contributed by atoms with E-state index >= 15 is 0 Å². The van der Waals surface area contributed by atoms with E-state index in [4.69, 9.17) is 53.1 Å². The lowest BCUT2D eigenvalue weighted by atomic mass is 10.1. The minimum absolute atomic E-state index is 0.0120. The molecule has 0 bridgehead atoms. The lowest BCUT2D eigenvalue weighted by Crippen LogP contribution is -2.35. The fourth-order valence-electron chi connectivity index (χ4n) is 6.06. The number of aromatic hydroxyl groups is 2. The molecule has 6 aromatic rings. The maximum absolute atomic E-state index is 13.2. The SMILES string of the molecule is NC(=O)C1=NN(c2ccc(C(=O)O)cc2)C(=O)C1N=Nc1ccc2c(O)c(N=Nc3cc(OCCO)c(N=Nc4cccc5cccc(O)c45)cc3OCCO)ccc2c1.O=S(=O)=O.O=S(=O)=O.O=S(=O)=O. The molecule has 0 aromatic heterocycles. The maximum atomic E-state index is 13.2. The molecular weight excluding hydrogens is 1020 g/mol. The second kappa shape index (κ2) is 26.5. The van der Waals surface area contributed by atoms with Crippen molar-refractivity contribution in [3.05, 3.63) is 109 Å². The summed E-state index contributed by atoms with van der Waals surface area (Å²) in [5.74, 6) is -2.81. The molecule has 0 fully saturated rings. The number of ether oxygens (including phenoxy) is 2. The highest BCUT2D eigenvalue weighted by Gasteiger charge is 2.40. The summed E-state index contributed by atoms with van der Waals surface area (Å²) in [6.07, 6.45) is 0. The number of nitrogens with zero attached hydrogens (tertiary/aromatic N) is 8. The van der Waals surface area contributed by atoms with Crippen molar-refractivity contribution >= 4 is 111 Å². The van der Waals surface area contributed by atoms with Crippen LogP contribution in [0.1, 0.15) is 10.4 Å². The van der Waals surface area contributed by atoms with Crippen molar-refractivity contribution in [3.63, 3.8) is 0 Å².